The van der Waals surface area contributed by atoms with E-state index >= 15 is 0 Å². The fraction of sp³-hybridized carbons (Fsp3) is 0.571. The Bertz CT molecular complexity index is 513. The molecule has 2 rings (SSSR count). The van der Waals surface area contributed by atoms with Crippen molar-refractivity contribution in [3.8, 4) is 0 Å². The highest BCUT2D eigenvalue weighted by Gasteiger charge is 2.34. The van der Waals surface area contributed by atoms with Crippen molar-refractivity contribution in [3.05, 3.63) is 35.6 Å². The quantitative estimate of drug-likeness (QED) is 0.899. The number of rotatable bonds is 5. The van der Waals surface area contributed by atoms with Crippen molar-refractivity contribution in [1.29, 1.82) is 0 Å². The van der Waals surface area contributed by atoms with E-state index in [9.17, 15) is 12.8 Å². The van der Waals surface area contributed by atoms with Crippen LogP contribution in [0.1, 0.15) is 24.8 Å². The predicted molar refractivity (Wildman–Crippen MR) is 74.4 cm³/mol. The second-order valence-corrected chi connectivity index (χ2v) is 7.36. The smallest absolute Gasteiger partial charge is 0.150 e. The molecular formula is C14H20FNO2S. The Labute approximate surface area is 114 Å². The third-order valence-corrected chi connectivity index (χ3v) is 5.54. The zero-order chi connectivity index (χ0) is 13.9. The first-order valence-electron chi connectivity index (χ1n) is 6.68. The van der Waals surface area contributed by atoms with Crippen LogP contribution in [0.2, 0.25) is 0 Å². The van der Waals surface area contributed by atoms with Crippen LogP contribution in [0.5, 0.6) is 0 Å². The Kier molecular flexibility index (Phi) is 4.58. The largest absolute Gasteiger partial charge is 0.316 e. The lowest BCUT2D eigenvalue weighted by Crippen LogP contribution is -2.27. The maximum absolute atomic E-state index is 13.0. The summed E-state index contributed by atoms with van der Waals surface area (Å²) in [5.41, 5.74) is 1.02. The fourth-order valence-electron chi connectivity index (χ4n) is 2.71. The molecule has 1 heterocycles. The van der Waals surface area contributed by atoms with Crippen molar-refractivity contribution in [2.24, 2.45) is 5.92 Å². The standard InChI is InChI=1S/C14H20FNO2S/c1-2-16-9-14(11-3-5-13(15)6-4-11)12-7-8-19(17,18)10-12/h3-6,12,14,16H,2,7-10H2,1H3. The molecule has 5 heteroatoms. The summed E-state index contributed by atoms with van der Waals surface area (Å²) in [7, 11) is -2.88. The zero-order valence-corrected chi connectivity index (χ0v) is 11.9. The Morgan fingerprint density at radius 3 is 2.58 bits per heavy atom. The fourth-order valence-corrected chi connectivity index (χ4v) is 4.59. The Morgan fingerprint density at radius 1 is 1.37 bits per heavy atom. The molecule has 1 saturated heterocycles. The van der Waals surface area contributed by atoms with Gasteiger partial charge in [-0.3, -0.25) is 0 Å². The summed E-state index contributed by atoms with van der Waals surface area (Å²) in [6.07, 6.45) is 0.704. The van der Waals surface area contributed by atoms with Crippen LogP contribution >= 0.6 is 0 Å². The van der Waals surface area contributed by atoms with Crippen LogP contribution in [0.4, 0.5) is 4.39 Å². The van der Waals surface area contributed by atoms with Gasteiger partial charge < -0.3 is 5.32 Å². The number of likely N-dealkylation sites (N-methyl/N-ethyl adjacent to an activating group) is 1. The van der Waals surface area contributed by atoms with Crippen LogP contribution in [0, 0.1) is 11.7 Å². The maximum atomic E-state index is 13.0. The van der Waals surface area contributed by atoms with Crippen LogP contribution in [-0.4, -0.2) is 33.0 Å². The molecule has 1 aliphatic heterocycles. The zero-order valence-electron chi connectivity index (χ0n) is 11.1. The van der Waals surface area contributed by atoms with Gasteiger partial charge in [0.2, 0.25) is 0 Å². The average Bonchev–Trinajstić information content (AvgIpc) is 2.72. The molecule has 0 bridgehead atoms. The summed E-state index contributed by atoms with van der Waals surface area (Å²) >= 11 is 0. The lowest BCUT2D eigenvalue weighted by molar-refractivity contribution is 0.442. The third kappa shape index (κ3) is 3.76. The van der Waals surface area contributed by atoms with Gasteiger partial charge in [0.05, 0.1) is 11.5 Å². The van der Waals surface area contributed by atoms with Crippen LogP contribution in [0.25, 0.3) is 0 Å². The summed E-state index contributed by atoms with van der Waals surface area (Å²) < 4.78 is 36.2. The predicted octanol–water partition coefficient (Wildman–Crippen LogP) is 1.95. The normalized spacial score (nSPS) is 23.4. The van der Waals surface area contributed by atoms with E-state index < -0.39 is 9.84 Å². The minimum atomic E-state index is -2.88. The Balaban J connectivity index is 2.18. The van der Waals surface area contributed by atoms with Gasteiger partial charge in [-0.05, 0) is 36.6 Å². The number of benzene rings is 1. The van der Waals surface area contributed by atoms with Crippen molar-refractivity contribution < 1.29 is 12.8 Å². The summed E-state index contributed by atoms with van der Waals surface area (Å²) in [5.74, 6) is 0.541. The molecule has 1 aromatic rings. The Hall–Kier alpha value is -0.940. The van der Waals surface area contributed by atoms with Crippen LogP contribution in [0.15, 0.2) is 24.3 Å². The molecule has 0 aromatic heterocycles. The number of hydrogen-bond donors (Lipinski definition) is 1. The number of nitrogens with one attached hydrogen (secondary N) is 1. The van der Waals surface area contributed by atoms with Gasteiger partial charge in [0.1, 0.15) is 5.82 Å². The minimum absolute atomic E-state index is 0.134. The van der Waals surface area contributed by atoms with Gasteiger partial charge in [0.15, 0.2) is 9.84 Å². The molecule has 0 aliphatic carbocycles. The summed E-state index contributed by atoms with van der Waals surface area (Å²) in [4.78, 5) is 0. The average molecular weight is 285 g/mol. The van der Waals surface area contributed by atoms with Gasteiger partial charge in [-0.2, -0.15) is 0 Å². The molecule has 0 spiro atoms. The van der Waals surface area contributed by atoms with Crippen molar-refractivity contribution in [2.45, 2.75) is 19.3 Å². The third-order valence-electron chi connectivity index (χ3n) is 3.75. The van der Waals surface area contributed by atoms with Crippen molar-refractivity contribution >= 4 is 9.84 Å². The molecule has 19 heavy (non-hydrogen) atoms. The summed E-state index contributed by atoms with van der Waals surface area (Å²) in [6, 6.07) is 6.42. The van der Waals surface area contributed by atoms with Gasteiger partial charge in [0, 0.05) is 12.5 Å². The molecule has 2 unspecified atom stereocenters. The van der Waals surface area contributed by atoms with Crippen molar-refractivity contribution in [3.63, 3.8) is 0 Å². The SMILES string of the molecule is CCNCC(c1ccc(F)cc1)C1CCS(=O)(=O)C1. The number of sulfone groups is 1. The first kappa shape index (κ1) is 14.5. The van der Waals surface area contributed by atoms with Gasteiger partial charge in [-0.1, -0.05) is 19.1 Å². The maximum Gasteiger partial charge on any atom is 0.150 e. The van der Waals surface area contributed by atoms with Crippen LogP contribution in [-0.2, 0) is 9.84 Å². The first-order chi connectivity index (χ1) is 9.02. The Morgan fingerprint density at radius 2 is 2.05 bits per heavy atom. The van der Waals surface area contributed by atoms with E-state index in [4.69, 9.17) is 0 Å². The van der Waals surface area contributed by atoms with E-state index in [0.717, 1.165) is 18.7 Å². The second-order valence-electron chi connectivity index (χ2n) is 5.13. The monoisotopic (exact) mass is 285 g/mol. The molecule has 1 aliphatic rings. The lowest BCUT2D eigenvalue weighted by Gasteiger charge is -2.23. The van der Waals surface area contributed by atoms with E-state index in [1.807, 2.05) is 6.92 Å². The highest BCUT2D eigenvalue weighted by molar-refractivity contribution is 7.91. The van der Waals surface area contributed by atoms with Gasteiger partial charge in [0.25, 0.3) is 0 Å². The van der Waals surface area contributed by atoms with E-state index in [1.165, 1.54) is 12.1 Å². The minimum Gasteiger partial charge on any atom is -0.316 e. The van der Waals surface area contributed by atoms with Crippen molar-refractivity contribution in [1.82, 2.24) is 5.32 Å². The molecule has 0 radical (unpaired) electrons. The number of hydrogen-bond acceptors (Lipinski definition) is 3. The van der Waals surface area contributed by atoms with E-state index in [2.05, 4.69) is 5.32 Å². The van der Waals surface area contributed by atoms with E-state index in [-0.39, 0.29) is 29.2 Å². The van der Waals surface area contributed by atoms with Gasteiger partial charge >= 0.3 is 0 Å². The first-order valence-corrected chi connectivity index (χ1v) is 8.50. The molecular weight excluding hydrogens is 265 g/mol. The van der Waals surface area contributed by atoms with Crippen LogP contribution < -0.4 is 5.32 Å². The highest BCUT2D eigenvalue weighted by Crippen LogP contribution is 2.33. The molecule has 1 fully saturated rings. The summed E-state index contributed by atoms with van der Waals surface area (Å²) in [5, 5.41) is 3.28. The lowest BCUT2D eigenvalue weighted by atomic mass is 9.85. The van der Waals surface area contributed by atoms with Crippen LogP contribution in [0.3, 0.4) is 0 Å². The number of halogens is 1. The molecule has 3 nitrogen and oxygen atoms in total. The van der Waals surface area contributed by atoms with E-state index in [1.54, 1.807) is 12.1 Å². The molecule has 0 saturated carbocycles. The van der Waals surface area contributed by atoms with E-state index in [0.29, 0.717) is 6.42 Å². The molecule has 0 amide bonds. The summed E-state index contributed by atoms with van der Waals surface area (Å²) in [6.45, 7) is 3.60. The van der Waals surface area contributed by atoms with Gasteiger partial charge in [-0.15, -0.1) is 0 Å². The highest BCUT2D eigenvalue weighted by atomic mass is 32.2. The second kappa shape index (κ2) is 6.01. The van der Waals surface area contributed by atoms with Crippen molar-refractivity contribution in [2.75, 3.05) is 24.6 Å². The molecule has 1 N–H and O–H groups in total. The molecule has 2 atom stereocenters. The topological polar surface area (TPSA) is 46.2 Å². The molecule has 106 valence electrons. The molecule has 1 aromatic carbocycles. The van der Waals surface area contributed by atoms with Gasteiger partial charge in [-0.25, -0.2) is 12.8 Å².